The van der Waals surface area contributed by atoms with Crippen molar-refractivity contribution >= 4 is 10.9 Å². The second-order valence-electron chi connectivity index (χ2n) is 13.6. The van der Waals surface area contributed by atoms with Gasteiger partial charge in [-0.2, -0.15) is 29.4 Å². The van der Waals surface area contributed by atoms with E-state index in [0.29, 0.717) is 0 Å². The zero-order valence-electron chi connectivity index (χ0n) is 29.0. The van der Waals surface area contributed by atoms with Gasteiger partial charge in [0, 0.05) is 25.7 Å². The van der Waals surface area contributed by atoms with Crippen molar-refractivity contribution in [1.29, 1.82) is 0 Å². The molecule has 253 valence electrons. The Kier molecular flexibility index (Phi) is 11.2. The maximum Gasteiger partial charge on any atom is 0.0595 e. The van der Waals surface area contributed by atoms with E-state index in [1.807, 2.05) is 65.5 Å². The summed E-state index contributed by atoms with van der Waals surface area (Å²) < 4.78 is 2.03. The Morgan fingerprint density at radius 2 is 1.20 bits per heavy atom. The molecule has 2 heterocycles. The molecule has 0 fully saturated rings. The van der Waals surface area contributed by atoms with Gasteiger partial charge in [-0.1, -0.05) is 136 Å². The summed E-state index contributed by atoms with van der Waals surface area (Å²) in [4.78, 5) is 4.75. The van der Waals surface area contributed by atoms with Crippen molar-refractivity contribution in [2.75, 3.05) is 0 Å². The van der Waals surface area contributed by atoms with Crippen molar-refractivity contribution in [2.24, 2.45) is 5.41 Å². The van der Waals surface area contributed by atoms with Crippen LogP contribution < -0.4 is 0 Å². The summed E-state index contributed by atoms with van der Waals surface area (Å²) in [5.74, 6) is 0. The first-order valence-corrected chi connectivity index (χ1v) is 17.0. The fraction of sp³-hybridized carbons (Fsp3) is 0.106. The summed E-state index contributed by atoms with van der Waals surface area (Å²) in [6.07, 6.45) is 2.92. The van der Waals surface area contributed by atoms with Gasteiger partial charge in [0.2, 0.25) is 0 Å². The molecule has 0 atom stereocenters. The third-order valence-corrected chi connectivity index (χ3v) is 8.57. The van der Waals surface area contributed by atoms with E-state index in [1.54, 1.807) is 0 Å². The molecule has 0 saturated carbocycles. The minimum atomic E-state index is 0. The number of pyridine rings is 1. The van der Waals surface area contributed by atoms with Gasteiger partial charge in [-0.15, -0.1) is 41.5 Å². The number of fused-ring (bicyclic) bond motifs is 1. The van der Waals surface area contributed by atoms with Gasteiger partial charge in [-0.3, -0.25) is 9.67 Å². The topological polar surface area (TPSA) is 30.7 Å². The molecule has 0 saturated heterocycles. The van der Waals surface area contributed by atoms with E-state index in [1.165, 1.54) is 39.1 Å². The Bertz CT molecular complexity index is 2310. The number of rotatable bonds is 6. The van der Waals surface area contributed by atoms with E-state index in [0.717, 1.165) is 34.3 Å². The van der Waals surface area contributed by atoms with E-state index < -0.39 is 0 Å². The van der Waals surface area contributed by atoms with Crippen molar-refractivity contribution in [1.82, 2.24) is 14.8 Å². The number of benzene rings is 6. The van der Waals surface area contributed by atoms with E-state index >= 15 is 0 Å². The molecule has 51 heavy (non-hydrogen) atoms. The van der Waals surface area contributed by atoms with E-state index in [-0.39, 0.29) is 25.5 Å². The molecule has 0 unspecified atom stereocenters. The standard InChI is InChI=1S/C26H25N2.C21H14N.Ir/c1-26(2,3)18-25-24(19-27-28(25)23-12-8-5-9-13-23)22-16-14-21(15-17-22)20-10-6-4-7-11-20;1-2-7-16(8-3-1)18-10-6-11-19(15-18)21-14-13-17-9-4-5-12-20(17)22-21;/h4-12,14-17,19H,18H2,1-3H3;1-10,12-15H;/q2*-1;. The molecule has 0 spiro atoms. The van der Waals surface area contributed by atoms with Gasteiger partial charge in [-0.25, -0.2) is 0 Å². The Morgan fingerprint density at radius 1 is 0.569 bits per heavy atom. The van der Waals surface area contributed by atoms with Gasteiger partial charge >= 0.3 is 0 Å². The monoisotopic (exact) mass is 838 g/mol. The van der Waals surface area contributed by atoms with E-state index in [2.05, 4.69) is 142 Å². The SMILES string of the molecule is CC(C)(C)Cc1c(-c2ccc(-c3ccccc3)cc2)cnn1-c1[c-]cccc1.[Ir].[c-]1ccc(-c2ccccc2)cc1-c1ccc2ccccc2n1. The number of hydrogen-bond acceptors (Lipinski definition) is 2. The number of nitrogens with zero attached hydrogens (tertiary/aromatic N) is 3. The first-order valence-electron chi connectivity index (χ1n) is 17.0. The van der Waals surface area contributed by atoms with Crippen LogP contribution in [0.4, 0.5) is 0 Å². The second kappa shape index (κ2) is 16.1. The molecule has 8 aromatic rings. The molecule has 8 rings (SSSR count). The van der Waals surface area contributed by atoms with Gasteiger partial charge in [0.1, 0.15) is 0 Å². The smallest absolute Gasteiger partial charge is 0.0595 e. The molecular formula is C47H39IrN3-2. The Morgan fingerprint density at radius 3 is 1.88 bits per heavy atom. The maximum atomic E-state index is 4.75. The fourth-order valence-electron chi connectivity index (χ4n) is 6.12. The van der Waals surface area contributed by atoms with Crippen molar-refractivity contribution in [3.63, 3.8) is 0 Å². The summed E-state index contributed by atoms with van der Waals surface area (Å²) in [6, 6.07) is 62.8. The van der Waals surface area contributed by atoms with Gasteiger partial charge < -0.3 is 0 Å². The largest absolute Gasteiger partial charge is 0.296 e. The Balaban J connectivity index is 0.000000177. The molecule has 0 aliphatic carbocycles. The zero-order chi connectivity index (χ0) is 34.3. The summed E-state index contributed by atoms with van der Waals surface area (Å²) in [5, 5.41) is 5.87. The van der Waals surface area contributed by atoms with Gasteiger partial charge in [0.15, 0.2) is 0 Å². The molecule has 6 aromatic carbocycles. The number of para-hydroxylation sites is 2. The predicted molar refractivity (Wildman–Crippen MR) is 208 cm³/mol. The molecule has 4 heteroatoms. The van der Waals surface area contributed by atoms with Crippen LogP contribution in [0, 0.1) is 17.5 Å². The molecule has 3 nitrogen and oxygen atoms in total. The minimum Gasteiger partial charge on any atom is -0.296 e. The van der Waals surface area contributed by atoms with Crippen molar-refractivity contribution in [3.8, 4) is 50.3 Å². The van der Waals surface area contributed by atoms with Crippen LogP contribution in [0.5, 0.6) is 0 Å². The van der Waals surface area contributed by atoms with Crippen LogP contribution in [-0.2, 0) is 26.5 Å². The van der Waals surface area contributed by atoms with Crippen LogP contribution in [0.2, 0.25) is 0 Å². The number of hydrogen-bond donors (Lipinski definition) is 0. The molecular weight excluding hydrogens is 799 g/mol. The van der Waals surface area contributed by atoms with Crippen molar-refractivity contribution in [2.45, 2.75) is 27.2 Å². The molecule has 0 aliphatic rings. The average molecular weight is 838 g/mol. The van der Waals surface area contributed by atoms with Crippen molar-refractivity contribution in [3.05, 3.63) is 188 Å². The summed E-state index contributed by atoms with van der Waals surface area (Å²) >= 11 is 0. The van der Waals surface area contributed by atoms with Gasteiger partial charge in [-0.05, 0) is 56.9 Å². The van der Waals surface area contributed by atoms with Crippen molar-refractivity contribution < 1.29 is 20.1 Å². The Hall–Kier alpha value is -5.41. The zero-order valence-corrected chi connectivity index (χ0v) is 31.4. The third kappa shape index (κ3) is 8.67. The molecule has 0 N–H and O–H groups in total. The fourth-order valence-corrected chi connectivity index (χ4v) is 6.12. The maximum absolute atomic E-state index is 4.75. The molecule has 0 aliphatic heterocycles. The summed E-state index contributed by atoms with van der Waals surface area (Å²) in [7, 11) is 0. The first-order chi connectivity index (χ1) is 24.4. The number of aromatic nitrogens is 3. The van der Waals surface area contributed by atoms with Gasteiger partial charge in [0.25, 0.3) is 0 Å². The third-order valence-electron chi connectivity index (χ3n) is 8.57. The van der Waals surface area contributed by atoms with E-state index in [9.17, 15) is 0 Å². The van der Waals surface area contributed by atoms with Gasteiger partial charge in [0.05, 0.1) is 17.4 Å². The average Bonchev–Trinajstić information content (AvgIpc) is 3.58. The van der Waals surface area contributed by atoms with Crippen LogP contribution in [0.1, 0.15) is 26.5 Å². The molecule has 1 radical (unpaired) electrons. The van der Waals surface area contributed by atoms with Crippen LogP contribution >= 0.6 is 0 Å². The predicted octanol–water partition coefficient (Wildman–Crippen LogP) is 12.0. The normalized spacial score (nSPS) is 11.0. The van der Waals surface area contributed by atoms with Crippen LogP contribution in [-0.4, -0.2) is 14.8 Å². The van der Waals surface area contributed by atoms with Crippen LogP contribution in [0.25, 0.3) is 61.2 Å². The van der Waals surface area contributed by atoms with Crippen LogP contribution in [0.3, 0.4) is 0 Å². The first kappa shape index (κ1) is 35.4. The van der Waals surface area contributed by atoms with Crippen LogP contribution in [0.15, 0.2) is 170 Å². The summed E-state index contributed by atoms with van der Waals surface area (Å²) in [6.45, 7) is 6.80. The quantitative estimate of drug-likeness (QED) is 0.156. The molecule has 0 amide bonds. The molecule has 0 bridgehead atoms. The minimum absolute atomic E-state index is 0. The second-order valence-corrected chi connectivity index (χ2v) is 13.6. The van der Waals surface area contributed by atoms with E-state index in [4.69, 9.17) is 10.1 Å². The Labute approximate surface area is 315 Å². The molecule has 2 aromatic heterocycles. The summed E-state index contributed by atoms with van der Waals surface area (Å²) in [5.41, 5.74) is 12.6.